The monoisotopic (exact) mass is 260 g/mol. The predicted octanol–water partition coefficient (Wildman–Crippen LogP) is 3.93. The largest absolute Gasteiger partial charge is 0.298 e. The highest BCUT2D eigenvalue weighted by atomic mass is 32.1. The van der Waals surface area contributed by atoms with Crippen molar-refractivity contribution < 1.29 is 4.79 Å². The van der Waals surface area contributed by atoms with Gasteiger partial charge in [-0.1, -0.05) is 19.3 Å². The number of carbonyl (C=O) groups is 1. The third kappa shape index (κ3) is 2.12. The van der Waals surface area contributed by atoms with Gasteiger partial charge in [0.05, 0.1) is 11.6 Å². The van der Waals surface area contributed by atoms with Crippen molar-refractivity contribution in [3.63, 3.8) is 0 Å². The molecule has 94 valence electrons. The van der Waals surface area contributed by atoms with Crippen LogP contribution in [0, 0.1) is 0 Å². The van der Waals surface area contributed by atoms with E-state index >= 15 is 0 Å². The molecular formula is C14H16N2OS. The van der Waals surface area contributed by atoms with Crippen molar-refractivity contribution in [2.45, 2.75) is 38.1 Å². The third-order valence-corrected chi connectivity index (χ3v) is 4.31. The van der Waals surface area contributed by atoms with Gasteiger partial charge >= 0.3 is 0 Å². The molecule has 0 bridgehead atoms. The minimum Gasteiger partial charge on any atom is -0.298 e. The van der Waals surface area contributed by atoms with Crippen LogP contribution in [-0.4, -0.2) is 16.1 Å². The zero-order valence-corrected chi connectivity index (χ0v) is 11.0. The molecule has 0 unspecified atom stereocenters. The van der Waals surface area contributed by atoms with Gasteiger partial charge in [-0.3, -0.25) is 9.48 Å². The van der Waals surface area contributed by atoms with Gasteiger partial charge < -0.3 is 0 Å². The van der Waals surface area contributed by atoms with E-state index in [-0.39, 0.29) is 0 Å². The van der Waals surface area contributed by atoms with E-state index in [1.54, 1.807) is 11.3 Å². The van der Waals surface area contributed by atoms with Gasteiger partial charge in [0.1, 0.15) is 5.69 Å². The fourth-order valence-corrected chi connectivity index (χ4v) is 3.29. The Morgan fingerprint density at radius 3 is 2.83 bits per heavy atom. The van der Waals surface area contributed by atoms with Crippen LogP contribution in [0.25, 0.3) is 11.3 Å². The number of hydrogen-bond acceptors (Lipinski definition) is 3. The summed E-state index contributed by atoms with van der Waals surface area (Å²) in [5.41, 5.74) is 2.59. The molecule has 3 rings (SSSR count). The molecule has 0 N–H and O–H groups in total. The van der Waals surface area contributed by atoms with Crippen molar-refractivity contribution in [2.24, 2.45) is 0 Å². The van der Waals surface area contributed by atoms with Crippen molar-refractivity contribution >= 4 is 17.6 Å². The molecule has 1 saturated carbocycles. The number of carbonyl (C=O) groups excluding carboxylic acids is 1. The average Bonchev–Trinajstić information content (AvgIpc) is 3.08. The van der Waals surface area contributed by atoms with E-state index in [2.05, 4.69) is 5.10 Å². The number of hydrogen-bond donors (Lipinski definition) is 0. The molecule has 2 heterocycles. The first-order valence-electron chi connectivity index (χ1n) is 6.45. The minimum absolute atomic E-state index is 0.477. The average molecular weight is 260 g/mol. The predicted molar refractivity (Wildman–Crippen MR) is 73.0 cm³/mol. The van der Waals surface area contributed by atoms with Crippen LogP contribution in [0.4, 0.5) is 0 Å². The summed E-state index contributed by atoms with van der Waals surface area (Å²) in [6.45, 7) is 0. The number of nitrogens with zero attached hydrogens (tertiary/aromatic N) is 2. The van der Waals surface area contributed by atoms with Crippen molar-refractivity contribution in [3.05, 3.63) is 28.6 Å². The van der Waals surface area contributed by atoms with E-state index in [1.807, 2.05) is 27.7 Å². The molecule has 18 heavy (non-hydrogen) atoms. The molecular weight excluding hydrogens is 244 g/mol. The van der Waals surface area contributed by atoms with E-state index in [1.165, 1.54) is 32.1 Å². The van der Waals surface area contributed by atoms with E-state index in [0.717, 1.165) is 17.5 Å². The molecule has 4 heteroatoms. The van der Waals surface area contributed by atoms with Crippen molar-refractivity contribution in [1.29, 1.82) is 0 Å². The zero-order valence-electron chi connectivity index (χ0n) is 10.2. The van der Waals surface area contributed by atoms with E-state index in [4.69, 9.17) is 0 Å². The molecule has 0 atom stereocenters. The normalized spacial score (nSPS) is 16.9. The summed E-state index contributed by atoms with van der Waals surface area (Å²) in [6.07, 6.45) is 9.07. The lowest BCUT2D eigenvalue weighted by Gasteiger charge is -2.21. The molecule has 3 nitrogen and oxygen atoms in total. The summed E-state index contributed by atoms with van der Waals surface area (Å²) in [6, 6.07) is 2.50. The third-order valence-electron chi connectivity index (χ3n) is 3.63. The maximum Gasteiger partial charge on any atom is 0.153 e. The van der Waals surface area contributed by atoms with Crippen LogP contribution in [0.15, 0.2) is 23.0 Å². The lowest BCUT2D eigenvalue weighted by Crippen LogP contribution is -2.13. The highest BCUT2D eigenvalue weighted by Crippen LogP contribution is 2.30. The molecule has 0 amide bonds. The number of rotatable bonds is 3. The second-order valence-electron chi connectivity index (χ2n) is 4.83. The van der Waals surface area contributed by atoms with Crippen LogP contribution in [-0.2, 0) is 0 Å². The first-order valence-corrected chi connectivity index (χ1v) is 7.39. The van der Waals surface area contributed by atoms with Gasteiger partial charge in [0.15, 0.2) is 6.29 Å². The molecule has 2 aromatic heterocycles. The Morgan fingerprint density at radius 2 is 2.17 bits per heavy atom. The van der Waals surface area contributed by atoms with Crippen LogP contribution in [0.1, 0.15) is 48.5 Å². The van der Waals surface area contributed by atoms with E-state index in [9.17, 15) is 4.79 Å². The van der Waals surface area contributed by atoms with Crippen LogP contribution in [0.2, 0.25) is 0 Å². The molecule has 1 aliphatic carbocycles. The fourth-order valence-electron chi connectivity index (χ4n) is 2.65. The maximum atomic E-state index is 11.2. The fraction of sp³-hybridized carbons (Fsp3) is 0.429. The van der Waals surface area contributed by atoms with Gasteiger partial charge in [0.25, 0.3) is 0 Å². The van der Waals surface area contributed by atoms with Crippen molar-refractivity contribution in [2.75, 3.05) is 0 Å². The Labute approximate surface area is 110 Å². The van der Waals surface area contributed by atoms with E-state index in [0.29, 0.717) is 11.6 Å². The minimum atomic E-state index is 0.477. The highest BCUT2D eigenvalue weighted by molar-refractivity contribution is 7.08. The summed E-state index contributed by atoms with van der Waals surface area (Å²) in [4.78, 5) is 11.2. The highest BCUT2D eigenvalue weighted by Gasteiger charge is 2.19. The second-order valence-corrected chi connectivity index (χ2v) is 5.61. The number of aldehydes is 1. The lowest BCUT2D eigenvalue weighted by atomic mass is 9.96. The second kappa shape index (κ2) is 5.06. The lowest BCUT2D eigenvalue weighted by molar-refractivity contribution is 0.112. The van der Waals surface area contributed by atoms with Gasteiger partial charge in [0.2, 0.25) is 0 Å². The van der Waals surface area contributed by atoms with Crippen LogP contribution >= 0.6 is 11.3 Å². The topological polar surface area (TPSA) is 34.9 Å². The first-order chi connectivity index (χ1) is 8.88. The summed E-state index contributed by atoms with van der Waals surface area (Å²) in [7, 11) is 0. The quantitative estimate of drug-likeness (QED) is 0.784. The molecule has 0 aromatic carbocycles. The Kier molecular flexibility index (Phi) is 3.28. The van der Waals surface area contributed by atoms with Crippen LogP contribution < -0.4 is 0 Å². The van der Waals surface area contributed by atoms with Gasteiger partial charge in [-0.15, -0.1) is 0 Å². The summed E-state index contributed by atoms with van der Waals surface area (Å²) >= 11 is 1.63. The zero-order chi connectivity index (χ0) is 12.4. The van der Waals surface area contributed by atoms with Crippen molar-refractivity contribution in [1.82, 2.24) is 9.78 Å². The first kappa shape index (κ1) is 11.7. The molecule has 0 saturated heterocycles. The Balaban J connectivity index is 1.95. The van der Waals surface area contributed by atoms with Gasteiger partial charge in [0, 0.05) is 17.1 Å². The standard InChI is InChI=1S/C14H16N2OS/c17-9-12-8-16(13-4-2-1-3-5-13)15-14(12)11-6-7-18-10-11/h6-10,13H,1-5H2. The molecule has 1 aliphatic rings. The molecule has 1 fully saturated rings. The summed E-state index contributed by atoms with van der Waals surface area (Å²) in [5.74, 6) is 0. The summed E-state index contributed by atoms with van der Waals surface area (Å²) < 4.78 is 2.01. The Morgan fingerprint density at radius 1 is 1.33 bits per heavy atom. The molecule has 0 spiro atoms. The number of aromatic nitrogens is 2. The Hall–Kier alpha value is -1.42. The maximum absolute atomic E-state index is 11.2. The van der Waals surface area contributed by atoms with Gasteiger partial charge in [-0.05, 0) is 24.3 Å². The Bertz CT molecular complexity index is 524. The number of thiophene rings is 1. The van der Waals surface area contributed by atoms with Crippen LogP contribution in [0.3, 0.4) is 0 Å². The molecule has 0 radical (unpaired) electrons. The molecule has 2 aromatic rings. The summed E-state index contributed by atoms with van der Waals surface area (Å²) in [5, 5.41) is 8.70. The van der Waals surface area contributed by atoms with Gasteiger partial charge in [-0.2, -0.15) is 16.4 Å². The van der Waals surface area contributed by atoms with Crippen molar-refractivity contribution in [3.8, 4) is 11.3 Å². The smallest absolute Gasteiger partial charge is 0.153 e. The SMILES string of the molecule is O=Cc1cn(C2CCCCC2)nc1-c1ccsc1. The van der Waals surface area contributed by atoms with Gasteiger partial charge in [-0.25, -0.2) is 0 Å². The molecule has 0 aliphatic heterocycles. The van der Waals surface area contributed by atoms with E-state index < -0.39 is 0 Å². The van der Waals surface area contributed by atoms with Crippen LogP contribution in [0.5, 0.6) is 0 Å².